The van der Waals surface area contributed by atoms with Crippen LogP contribution in [-0.4, -0.2) is 33.7 Å². The molecule has 0 saturated carbocycles. The maximum atomic E-state index is 12.9. The number of nitriles is 1. The fourth-order valence-corrected chi connectivity index (χ4v) is 4.03. The summed E-state index contributed by atoms with van der Waals surface area (Å²) in [6, 6.07) is 14.6. The van der Waals surface area contributed by atoms with Gasteiger partial charge in [-0.05, 0) is 36.2 Å². The van der Waals surface area contributed by atoms with E-state index in [0.717, 1.165) is 16.1 Å². The summed E-state index contributed by atoms with van der Waals surface area (Å²) in [5.74, 6) is 0.0540. The zero-order valence-corrected chi connectivity index (χ0v) is 16.9. The molecule has 0 aromatic heterocycles. The molecule has 1 atom stereocenters. The fourth-order valence-electron chi connectivity index (χ4n) is 2.83. The molecule has 0 aliphatic rings. The number of nitrogens with zero attached hydrogens (tertiary/aromatic N) is 2. The van der Waals surface area contributed by atoms with Crippen LogP contribution in [0.4, 0.5) is 11.4 Å². The van der Waals surface area contributed by atoms with Gasteiger partial charge in [-0.15, -0.1) is 0 Å². The Balaban J connectivity index is 2.32. The average molecular weight is 401 g/mol. The summed E-state index contributed by atoms with van der Waals surface area (Å²) in [5, 5.41) is 11.5. The van der Waals surface area contributed by atoms with E-state index in [0.29, 0.717) is 17.1 Å². The summed E-state index contributed by atoms with van der Waals surface area (Å²) in [4.78, 5) is 12.9. The van der Waals surface area contributed by atoms with Crippen LogP contribution in [0.3, 0.4) is 0 Å². The normalized spacial score (nSPS) is 11.9. The smallest absolute Gasteiger partial charge is 0.248 e. The molecule has 0 spiro atoms. The number of ether oxygens (including phenoxy) is 1. The molecule has 0 bridgehead atoms. The molecule has 0 heterocycles. The van der Waals surface area contributed by atoms with Gasteiger partial charge in [-0.1, -0.05) is 25.1 Å². The molecule has 0 fully saturated rings. The Morgan fingerprint density at radius 1 is 1.25 bits per heavy atom. The zero-order chi connectivity index (χ0) is 20.7. The number of methoxy groups -OCH3 is 1. The molecule has 1 amide bonds. The molecule has 0 aliphatic heterocycles. The van der Waals surface area contributed by atoms with Crippen LogP contribution >= 0.6 is 0 Å². The molecule has 2 aromatic rings. The quantitative estimate of drug-likeness (QED) is 0.733. The van der Waals surface area contributed by atoms with E-state index in [4.69, 9.17) is 10.00 Å². The Labute approximate surface area is 165 Å². The Hall–Kier alpha value is -3.05. The molecule has 8 heteroatoms. The van der Waals surface area contributed by atoms with Gasteiger partial charge in [0.1, 0.15) is 11.8 Å². The number of hydrogen-bond donors (Lipinski definition) is 1. The topological polar surface area (TPSA) is 99.5 Å². The molecule has 2 rings (SSSR count). The van der Waals surface area contributed by atoms with E-state index < -0.39 is 22.0 Å². The highest BCUT2D eigenvalue weighted by molar-refractivity contribution is 7.92. The van der Waals surface area contributed by atoms with Gasteiger partial charge in [-0.25, -0.2) is 8.42 Å². The van der Waals surface area contributed by atoms with Crippen LogP contribution in [0.1, 0.15) is 18.9 Å². The Morgan fingerprint density at radius 3 is 2.46 bits per heavy atom. The van der Waals surface area contributed by atoms with Gasteiger partial charge >= 0.3 is 0 Å². The minimum atomic E-state index is -3.72. The molecule has 28 heavy (non-hydrogen) atoms. The molecular weight excluding hydrogens is 378 g/mol. The van der Waals surface area contributed by atoms with Crippen LogP contribution in [0.2, 0.25) is 0 Å². The Bertz CT molecular complexity index is 966. The number of anilines is 2. The summed E-state index contributed by atoms with van der Waals surface area (Å²) >= 11 is 0. The second-order valence-corrected chi connectivity index (χ2v) is 8.06. The van der Waals surface area contributed by atoms with Gasteiger partial charge in [0.2, 0.25) is 15.9 Å². The summed E-state index contributed by atoms with van der Waals surface area (Å²) in [5.41, 5.74) is 1.72. The summed E-state index contributed by atoms with van der Waals surface area (Å²) < 4.78 is 31.2. The fraction of sp³-hybridized carbons (Fsp3) is 0.300. The third kappa shape index (κ3) is 5.24. The van der Waals surface area contributed by atoms with Gasteiger partial charge in [0, 0.05) is 11.8 Å². The lowest BCUT2D eigenvalue weighted by Crippen LogP contribution is -2.47. The lowest BCUT2D eigenvalue weighted by atomic mass is 10.1. The van der Waals surface area contributed by atoms with Crippen LogP contribution < -0.4 is 14.4 Å². The first-order valence-electron chi connectivity index (χ1n) is 8.70. The van der Waals surface area contributed by atoms with E-state index in [1.807, 2.05) is 0 Å². The van der Waals surface area contributed by atoms with Crippen LogP contribution in [0.5, 0.6) is 5.75 Å². The predicted molar refractivity (Wildman–Crippen MR) is 109 cm³/mol. The van der Waals surface area contributed by atoms with Gasteiger partial charge in [0.25, 0.3) is 0 Å². The van der Waals surface area contributed by atoms with Gasteiger partial charge in [-0.2, -0.15) is 5.26 Å². The van der Waals surface area contributed by atoms with Crippen molar-refractivity contribution in [1.29, 1.82) is 5.26 Å². The molecule has 0 aliphatic carbocycles. The number of carbonyl (C=O) groups excluding carboxylic acids is 1. The van der Waals surface area contributed by atoms with Crippen molar-refractivity contribution in [3.63, 3.8) is 0 Å². The minimum Gasteiger partial charge on any atom is -0.497 e. The molecule has 148 valence electrons. The van der Waals surface area contributed by atoms with Crippen molar-refractivity contribution in [1.82, 2.24) is 0 Å². The van der Waals surface area contributed by atoms with E-state index in [9.17, 15) is 13.2 Å². The van der Waals surface area contributed by atoms with Crippen LogP contribution in [0, 0.1) is 11.3 Å². The third-order valence-electron chi connectivity index (χ3n) is 4.14. The van der Waals surface area contributed by atoms with Crippen molar-refractivity contribution in [3.8, 4) is 11.8 Å². The molecular formula is C20H23N3O4S. The van der Waals surface area contributed by atoms with Gasteiger partial charge in [0.05, 0.1) is 31.5 Å². The lowest BCUT2D eigenvalue weighted by Gasteiger charge is -2.30. The standard InChI is InChI=1S/C20H23N3O4S/c1-4-19(20(24)22-16-10-8-15(9-11-16)12-13-21)23(28(3,25)26)17-6-5-7-18(14-17)27-2/h5-11,14,19H,4,12H2,1-3H3,(H,22,24). The van der Waals surface area contributed by atoms with Crippen molar-refractivity contribution in [3.05, 3.63) is 54.1 Å². The highest BCUT2D eigenvalue weighted by atomic mass is 32.2. The van der Waals surface area contributed by atoms with Crippen molar-refractivity contribution in [2.45, 2.75) is 25.8 Å². The molecule has 2 aromatic carbocycles. The van der Waals surface area contributed by atoms with Crippen LogP contribution in [-0.2, 0) is 21.2 Å². The Kier molecular flexibility index (Phi) is 7.01. The van der Waals surface area contributed by atoms with E-state index in [2.05, 4.69) is 11.4 Å². The van der Waals surface area contributed by atoms with Crippen LogP contribution in [0.25, 0.3) is 0 Å². The van der Waals surface area contributed by atoms with Crippen molar-refractivity contribution >= 4 is 27.3 Å². The monoisotopic (exact) mass is 401 g/mol. The van der Waals surface area contributed by atoms with E-state index >= 15 is 0 Å². The molecule has 7 nitrogen and oxygen atoms in total. The Morgan fingerprint density at radius 2 is 1.93 bits per heavy atom. The number of amides is 1. The molecule has 0 radical (unpaired) electrons. The van der Waals surface area contributed by atoms with Gasteiger partial charge < -0.3 is 10.1 Å². The zero-order valence-electron chi connectivity index (χ0n) is 16.0. The first-order chi connectivity index (χ1) is 13.3. The third-order valence-corrected chi connectivity index (χ3v) is 5.32. The van der Waals surface area contributed by atoms with Crippen molar-refractivity contribution in [2.24, 2.45) is 0 Å². The highest BCUT2D eigenvalue weighted by Crippen LogP contribution is 2.27. The van der Waals surface area contributed by atoms with Gasteiger partial charge in [-0.3, -0.25) is 9.10 Å². The van der Waals surface area contributed by atoms with E-state index in [-0.39, 0.29) is 12.8 Å². The molecule has 1 N–H and O–H groups in total. The predicted octanol–water partition coefficient (Wildman–Crippen LogP) is 2.94. The second-order valence-electron chi connectivity index (χ2n) is 6.21. The summed E-state index contributed by atoms with van der Waals surface area (Å²) in [7, 11) is -2.23. The number of hydrogen-bond acceptors (Lipinski definition) is 5. The van der Waals surface area contributed by atoms with Crippen LogP contribution in [0.15, 0.2) is 48.5 Å². The van der Waals surface area contributed by atoms with Crippen molar-refractivity contribution < 1.29 is 17.9 Å². The number of carbonyl (C=O) groups is 1. The average Bonchev–Trinajstić information content (AvgIpc) is 2.66. The second kappa shape index (κ2) is 9.24. The lowest BCUT2D eigenvalue weighted by molar-refractivity contribution is -0.117. The number of nitrogens with one attached hydrogen (secondary N) is 1. The number of sulfonamides is 1. The molecule has 1 unspecified atom stereocenters. The maximum Gasteiger partial charge on any atom is 0.248 e. The number of benzene rings is 2. The van der Waals surface area contributed by atoms with E-state index in [1.54, 1.807) is 55.5 Å². The summed E-state index contributed by atoms with van der Waals surface area (Å²) in [6.07, 6.45) is 1.63. The first-order valence-corrected chi connectivity index (χ1v) is 10.5. The van der Waals surface area contributed by atoms with Crippen molar-refractivity contribution in [2.75, 3.05) is 23.0 Å². The minimum absolute atomic E-state index is 0.280. The van der Waals surface area contributed by atoms with E-state index in [1.165, 1.54) is 7.11 Å². The highest BCUT2D eigenvalue weighted by Gasteiger charge is 2.31. The van der Waals surface area contributed by atoms with Gasteiger partial charge in [0.15, 0.2) is 0 Å². The molecule has 0 saturated heterocycles. The maximum absolute atomic E-state index is 12.9. The largest absolute Gasteiger partial charge is 0.497 e. The number of rotatable bonds is 8. The summed E-state index contributed by atoms with van der Waals surface area (Å²) in [6.45, 7) is 1.75. The first kappa shape index (κ1) is 21.3. The SMILES string of the molecule is CCC(C(=O)Nc1ccc(CC#N)cc1)N(c1cccc(OC)c1)S(C)(=O)=O.